The SMILES string of the molecule is CCOc1cccc(CNCC(C)(CO)CO)c1. The van der Waals surface area contributed by atoms with Crippen molar-refractivity contribution in [2.24, 2.45) is 5.41 Å². The van der Waals surface area contributed by atoms with Crippen LogP contribution in [0, 0.1) is 5.41 Å². The Hall–Kier alpha value is -1.10. The summed E-state index contributed by atoms with van der Waals surface area (Å²) in [5, 5.41) is 21.6. The number of aliphatic hydroxyl groups excluding tert-OH is 2. The lowest BCUT2D eigenvalue weighted by atomic mass is 9.93. The minimum absolute atomic E-state index is 0.0323. The topological polar surface area (TPSA) is 61.7 Å². The number of nitrogens with one attached hydrogen (secondary N) is 1. The Morgan fingerprint density at radius 3 is 2.61 bits per heavy atom. The highest BCUT2D eigenvalue weighted by molar-refractivity contribution is 5.28. The number of hydrogen-bond donors (Lipinski definition) is 3. The van der Waals surface area contributed by atoms with Crippen molar-refractivity contribution in [1.82, 2.24) is 5.32 Å². The molecule has 0 spiro atoms. The minimum atomic E-state index is -0.475. The molecule has 18 heavy (non-hydrogen) atoms. The third-order valence-corrected chi connectivity index (χ3v) is 2.85. The van der Waals surface area contributed by atoms with Crippen molar-refractivity contribution < 1.29 is 14.9 Å². The van der Waals surface area contributed by atoms with E-state index in [1.807, 2.05) is 38.1 Å². The molecule has 0 radical (unpaired) electrons. The summed E-state index contributed by atoms with van der Waals surface area (Å²) in [5.41, 5.74) is 0.650. The zero-order valence-electron chi connectivity index (χ0n) is 11.1. The molecule has 4 nitrogen and oxygen atoms in total. The second-order valence-corrected chi connectivity index (χ2v) is 4.81. The summed E-state index contributed by atoms with van der Waals surface area (Å²) in [4.78, 5) is 0. The van der Waals surface area contributed by atoms with Crippen LogP contribution in [-0.4, -0.2) is 36.6 Å². The monoisotopic (exact) mass is 253 g/mol. The lowest BCUT2D eigenvalue weighted by Crippen LogP contribution is -2.37. The molecule has 0 aliphatic carbocycles. The van der Waals surface area contributed by atoms with E-state index in [1.54, 1.807) is 0 Å². The molecule has 0 fully saturated rings. The average molecular weight is 253 g/mol. The number of rotatable bonds is 8. The Bertz CT molecular complexity index is 351. The number of ether oxygens (including phenoxy) is 1. The van der Waals surface area contributed by atoms with Gasteiger partial charge in [-0.25, -0.2) is 0 Å². The molecule has 0 aliphatic heterocycles. The molecule has 0 bridgehead atoms. The molecule has 4 heteroatoms. The van der Waals surface area contributed by atoms with Crippen molar-refractivity contribution >= 4 is 0 Å². The zero-order valence-corrected chi connectivity index (χ0v) is 11.1. The van der Waals surface area contributed by atoms with Gasteiger partial charge in [-0.1, -0.05) is 19.1 Å². The van der Waals surface area contributed by atoms with Gasteiger partial charge < -0.3 is 20.3 Å². The Labute approximate surface area is 109 Å². The van der Waals surface area contributed by atoms with E-state index >= 15 is 0 Å². The maximum Gasteiger partial charge on any atom is 0.119 e. The van der Waals surface area contributed by atoms with Crippen LogP contribution in [0.1, 0.15) is 19.4 Å². The summed E-state index contributed by atoms with van der Waals surface area (Å²) in [6, 6.07) is 7.90. The molecule has 0 aromatic heterocycles. The van der Waals surface area contributed by atoms with Gasteiger partial charge in [-0.15, -0.1) is 0 Å². The van der Waals surface area contributed by atoms with Crippen molar-refractivity contribution in [1.29, 1.82) is 0 Å². The van der Waals surface area contributed by atoms with Crippen molar-refractivity contribution in [3.63, 3.8) is 0 Å². The van der Waals surface area contributed by atoms with Gasteiger partial charge in [0.1, 0.15) is 5.75 Å². The van der Waals surface area contributed by atoms with Gasteiger partial charge in [-0.05, 0) is 24.6 Å². The number of aliphatic hydroxyl groups is 2. The fourth-order valence-electron chi connectivity index (χ4n) is 1.58. The van der Waals surface area contributed by atoms with Crippen molar-refractivity contribution in [3.8, 4) is 5.75 Å². The fraction of sp³-hybridized carbons (Fsp3) is 0.571. The van der Waals surface area contributed by atoms with Gasteiger partial charge in [0.15, 0.2) is 0 Å². The Morgan fingerprint density at radius 2 is 2.00 bits per heavy atom. The molecule has 1 rings (SSSR count). The van der Waals surface area contributed by atoms with Crippen LogP contribution in [-0.2, 0) is 6.54 Å². The normalized spacial score (nSPS) is 11.6. The largest absolute Gasteiger partial charge is 0.494 e. The van der Waals surface area contributed by atoms with E-state index in [4.69, 9.17) is 4.74 Å². The van der Waals surface area contributed by atoms with Crippen LogP contribution in [0.5, 0.6) is 5.75 Å². The van der Waals surface area contributed by atoms with Crippen molar-refractivity contribution in [2.45, 2.75) is 20.4 Å². The highest BCUT2D eigenvalue weighted by Gasteiger charge is 2.21. The Balaban J connectivity index is 2.46. The third-order valence-electron chi connectivity index (χ3n) is 2.85. The molecule has 0 saturated carbocycles. The Morgan fingerprint density at radius 1 is 1.28 bits per heavy atom. The molecule has 0 unspecified atom stereocenters. The van der Waals surface area contributed by atoms with Gasteiger partial charge in [-0.3, -0.25) is 0 Å². The van der Waals surface area contributed by atoms with Crippen molar-refractivity contribution in [2.75, 3.05) is 26.4 Å². The van der Waals surface area contributed by atoms with Crippen LogP contribution >= 0.6 is 0 Å². The lowest BCUT2D eigenvalue weighted by molar-refractivity contribution is 0.0695. The zero-order chi connectivity index (χ0) is 13.4. The third kappa shape index (κ3) is 4.64. The molecule has 0 amide bonds. The molecule has 0 aliphatic rings. The molecule has 102 valence electrons. The first-order valence-electron chi connectivity index (χ1n) is 6.28. The number of benzene rings is 1. The minimum Gasteiger partial charge on any atom is -0.494 e. The van der Waals surface area contributed by atoms with Crippen molar-refractivity contribution in [3.05, 3.63) is 29.8 Å². The first-order chi connectivity index (χ1) is 8.63. The molecular weight excluding hydrogens is 230 g/mol. The van der Waals surface area contributed by atoms with Gasteiger partial charge in [0.05, 0.1) is 19.8 Å². The standard InChI is InChI=1S/C14H23NO3/c1-3-18-13-6-4-5-12(7-13)8-15-9-14(2,10-16)11-17/h4-7,15-17H,3,8-11H2,1-2H3. The Kier molecular flexibility index (Phi) is 6.12. The van der Waals surface area contributed by atoms with E-state index in [2.05, 4.69) is 5.32 Å². The molecular formula is C14H23NO3. The van der Waals surface area contributed by atoms with E-state index < -0.39 is 5.41 Å². The van der Waals surface area contributed by atoms with Gasteiger partial charge >= 0.3 is 0 Å². The highest BCUT2D eigenvalue weighted by atomic mass is 16.5. The summed E-state index contributed by atoms with van der Waals surface area (Å²) in [7, 11) is 0. The molecule has 0 heterocycles. The van der Waals surface area contributed by atoms with E-state index in [-0.39, 0.29) is 13.2 Å². The summed E-state index contributed by atoms with van der Waals surface area (Å²) in [6.45, 7) is 5.65. The second kappa shape index (κ2) is 7.36. The lowest BCUT2D eigenvalue weighted by Gasteiger charge is -2.24. The van der Waals surface area contributed by atoms with Crippen LogP contribution in [0.4, 0.5) is 0 Å². The smallest absolute Gasteiger partial charge is 0.119 e. The van der Waals surface area contributed by atoms with Crippen LogP contribution < -0.4 is 10.1 Å². The van der Waals surface area contributed by atoms with Gasteiger partial charge in [0, 0.05) is 18.5 Å². The summed E-state index contributed by atoms with van der Waals surface area (Å²) in [5.74, 6) is 0.865. The van der Waals surface area contributed by atoms with Gasteiger partial charge in [0.2, 0.25) is 0 Å². The van der Waals surface area contributed by atoms with Gasteiger partial charge in [-0.2, -0.15) is 0 Å². The predicted molar refractivity (Wildman–Crippen MR) is 71.6 cm³/mol. The fourth-order valence-corrected chi connectivity index (χ4v) is 1.58. The summed E-state index contributed by atoms with van der Waals surface area (Å²) in [6.07, 6.45) is 0. The van der Waals surface area contributed by atoms with Crippen LogP contribution in [0.25, 0.3) is 0 Å². The van der Waals surface area contributed by atoms with Crippen LogP contribution in [0.3, 0.4) is 0 Å². The highest BCUT2D eigenvalue weighted by Crippen LogP contribution is 2.15. The average Bonchev–Trinajstić information content (AvgIpc) is 2.39. The van der Waals surface area contributed by atoms with Crippen LogP contribution in [0.2, 0.25) is 0 Å². The van der Waals surface area contributed by atoms with E-state index in [9.17, 15) is 10.2 Å². The summed E-state index contributed by atoms with van der Waals surface area (Å²) >= 11 is 0. The quantitative estimate of drug-likeness (QED) is 0.651. The van der Waals surface area contributed by atoms with Gasteiger partial charge in [0.25, 0.3) is 0 Å². The second-order valence-electron chi connectivity index (χ2n) is 4.81. The maximum absolute atomic E-state index is 9.18. The van der Waals surface area contributed by atoms with Crippen LogP contribution in [0.15, 0.2) is 24.3 Å². The summed E-state index contributed by atoms with van der Waals surface area (Å²) < 4.78 is 5.43. The number of hydrogen-bond acceptors (Lipinski definition) is 4. The molecule has 1 aromatic carbocycles. The van der Waals surface area contributed by atoms with E-state index in [0.717, 1.165) is 11.3 Å². The maximum atomic E-state index is 9.18. The molecule has 1 aromatic rings. The molecule has 3 N–H and O–H groups in total. The first-order valence-corrected chi connectivity index (χ1v) is 6.28. The first kappa shape index (κ1) is 15.0. The molecule has 0 saturated heterocycles. The van der Waals surface area contributed by atoms with E-state index in [1.165, 1.54) is 0 Å². The predicted octanol–water partition coefficient (Wildman–Crippen LogP) is 1.17. The van der Waals surface area contributed by atoms with E-state index in [0.29, 0.717) is 19.7 Å². The molecule has 0 atom stereocenters.